The minimum Gasteiger partial charge on any atom is -0.497 e. The van der Waals surface area contributed by atoms with Crippen LogP contribution in [0.5, 0.6) is 5.75 Å². The smallest absolute Gasteiger partial charge is 0.245 e. The van der Waals surface area contributed by atoms with Crippen LogP contribution in [0.3, 0.4) is 0 Å². The molecule has 1 aromatic heterocycles. The highest BCUT2D eigenvalue weighted by Crippen LogP contribution is 2.30. The van der Waals surface area contributed by atoms with Crippen LogP contribution in [-0.2, 0) is 34.3 Å². The van der Waals surface area contributed by atoms with Gasteiger partial charge in [-0.25, -0.2) is 8.42 Å². The summed E-state index contributed by atoms with van der Waals surface area (Å²) in [5, 5.41) is 0.789. The lowest BCUT2D eigenvalue weighted by molar-refractivity contribution is 0.0674. The number of rotatable bonds is 5. The molecule has 0 N–H and O–H groups in total. The number of ether oxygens (including phenoxy) is 2. The SMILES string of the molecule is COc1cccc(CC2COCc3ccccc3CN2S(=O)(=O)c2cccc3cccnc23)c1. The van der Waals surface area contributed by atoms with E-state index in [1.54, 1.807) is 29.7 Å². The van der Waals surface area contributed by atoms with E-state index in [4.69, 9.17) is 9.47 Å². The van der Waals surface area contributed by atoms with Gasteiger partial charge in [0.2, 0.25) is 10.0 Å². The summed E-state index contributed by atoms with van der Waals surface area (Å²) in [7, 11) is -2.27. The summed E-state index contributed by atoms with van der Waals surface area (Å²) in [6.07, 6.45) is 2.12. The molecule has 0 saturated heterocycles. The van der Waals surface area contributed by atoms with Gasteiger partial charge in [-0.15, -0.1) is 0 Å². The quantitative estimate of drug-likeness (QED) is 0.424. The van der Waals surface area contributed by atoms with Crippen molar-refractivity contribution in [2.75, 3.05) is 13.7 Å². The number of methoxy groups -OCH3 is 1. The van der Waals surface area contributed by atoms with Crippen molar-refractivity contribution in [3.63, 3.8) is 0 Å². The molecule has 1 atom stereocenters. The Balaban J connectivity index is 1.61. The van der Waals surface area contributed by atoms with E-state index >= 15 is 0 Å². The Hall–Kier alpha value is -3.26. The van der Waals surface area contributed by atoms with Crippen LogP contribution in [-0.4, -0.2) is 37.5 Å². The summed E-state index contributed by atoms with van der Waals surface area (Å²) in [5.74, 6) is 0.738. The van der Waals surface area contributed by atoms with Gasteiger partial charge in [0, 0.05) is 18.1 Å². The topological polar surface area (TPSA) is 68.7 Å². The molecule has 174 valence electrons. The van der Waals surface area contributed by atoms with Gasteiger partial charge in [0.1, 0.15) is 10.6 Å². The standard InChI is InChI=1S/C27H26N2O4S/c1-32-25-12-4-7-20(16-25)15-24-19-33-18-23-9-3-2-8-22(23)17-29(24)34(30,31)26-13-5-10-21-11-6-14-28-27(21)26/h2-14,16,24H,15,17-19H2,1H3. The van der Waals surface area contributed by atoms with Crippen LogP contribution in [0.2, 0.25) is 0 Å². The lowest BCUT2D eigenvalue weighted by Crippen LogP contribution is -2.45. The third-order valence-corrected chi connectivity index (χ3v) is 8.14. The Bertz CT molecular complexity index is 1420. The fourth-order valence-electron chi connectivity index (χ4n) is 4.46. The molecule has 0 amide bonds. The molecule has 0 fully saturated rings. The van der Waals surface area contributed by atoms with Crippen molar-refractivity contribution in [2.45, 2.75) is 30.5 Å². The van der Waals surface area contributed by atoms with Crippen molar-refractivity contribution in [2.24, 2.45) is 0 Å². The molecule has 5 rings (SSSR count). The number of benzene rings is 3. The molecule has 7 heteroatoms. The van der Waals surface area contributed by atoms with E-state index in [0.717, 1.165) is 27.8 Å². The maximum Gasteiger partial charge on any atom is 0.245 e. The fourth-order valence-corrected chi connectivity index (χ4v) is 6.22. The maximum atomic E-state index is 14.2. The Morgan fingerprint density at radius 3 is 2.65 bits per heavy atom. The van der Waals surface area contributed by atoms with E-state index in [1.165, 1.54) is 0 Å². The van der Waals surface area contributed by atoms with Gasteiger partial charge in [-0.3, -0.25) is 4.98 Å². The minimum atomic E-state index is -3.90. The highest BCUT2D eigenvalue weighted by atomic mass is 32.2. The Morgan fingerprint density at radius 1 is 1.00 bits per heavy atom. The van der Waals surface area contributed by atoms with Crippen molar-refractivity contribution in [1.82, 2.24) is 9.29 Å². The van der Waals surface area contributed by atoms with Gasteiger partial charge in [-0.1, -0.05) is 54.6 Å². The van der Waals surface area contributed by atoms with E-state index in [2.05, 4.69) is 4.98 Å². The average molecular weight is 475 g/mol. The number of hydrogen-bond acceptors (Lipinski definition) is 5. The first-order valence-corrected chi connectivity index (χ1v) is 12.6. The summed E-state index contributed by atoms with van der Waals surface area (Å²) in [4.78, 5) is 4.61. The van der Waals surface area contributed by atoms with Crippen molar-refractivity contribution in [1.29, 1.82) is 0 Å². The lowest BCUT2D eigenvalue weighted by Gasteiger charge is -2.33. The maximum absolute atomic E-state index is 14.2. The van der Waals surface area contributed by atoms with Crippen LogP contribution in [0, 0.1) is 0 Å². The van der Waals surface area contributed by atoms with Crippen LogP contribution in [0.15, 0.2) is 90.0 Å². The molecule has 6 nitrogen and oxygen atoms in total. The molecule has 4 aromatic rings. The second kappa shape index (κ2) is 9.54. The van der Waals surface area contributed by atoms with Gasteiger partial charge < -0.3 is 9.47 Å². The highest BCUT2D eigenvalue weighted by molar-refractivity contribution is 7.89. The number of fused-ring (bicyclic) bond motifs is 2. The number of hydrogen-bond donors (Lipinski definition) is 0. The summed E-state index contributed by atoms with van der Waals surface area (Å²) in [6.45, 7) is 0.997. The zero-order chi connectivity index (χ0) is 23.5. The molecule has 0 spiro atoms. The van der Waals surface area contributed by atoms with Gasteiger partial charge in [0.25, 0.3) is 0 Å². The largest absolute Gasteiger partial charge is 0.497 e. The van der Waals surface area contributed by atoms with E-state index in [9.17, 15) is 8.42 Å². The molecule has 0 radical (unpaired) electrons. The number of pyridine rings is 1. The number of aromatic nitrogens is 1. The van der Waals surface area contributed by atoms with Crippen LogP contribution >= 0.6 is 0 Å². The zero-order valence-electron chi connectivity index (χ0n) is 18.9. The third kappa shape index (κ3) is 4.42. The minimum absolute atomic E-state index is 0.208. The van der Waals surface area contributed by atoms with Crippen LogP contribution in [0.1, 0.15) is 16.7 Å². The molecule has 0 saturated carbocycles. The first kappa shape index (κ1) is 22.5. The molecule has 34 heavy (non-hydrogen) atoms. The average Bonchev–Trinajstić information content (AvgIpc) is 2.85. The van der Waals surface area contributed by atoms with Gasteiger partial charge in [-0.2, -0.15) is 4.31 Å². The van der Waals surface area contributed by atoms with Crippen molar-refractivity contribution >= 4 is 20.9 Å². The predicted octanol–water partition coefficient (Wildman–Crippen LogP) is 4.58. The molecule has 1 aliphatic rings. The molecule has 3 aromatic carbocycles. The van der Waals surface area contributed by atoms with Gasteiger partial charge in [0.15, 0.2) is 0 Å². The Labute approximate surface area is 199 Å². The monoisotopic (exact) mass is 474 g/mol. The second-order valence-corrected chi connectivity index (χ2v) is 10.2. The normalized spacial score (nSPS) is 17.0. The van der Waals surface area contributed by atoms with Crippen LogP contribution in [0.25, 0.3) is 10.9 Å². The number of sulfonamides is 1. The molecule has 2 heterocycles. The van der Waals surface area contributed by atoms with Crippen molar-refractivity contribution in [3.05, 3.63) is 102 Å². The predicted molar refractivity (Wildman–Crippen MR) is 131 cm³/mol. The summed E-state index contributed by atoms with van der Waals surface area (Å²) in [5.41, 5.74) is 3.40. The van der Waals surface area contributed by atoms with Crippen molar-refractivity contribution in [3.8, 4) is 5.75 Å². The first-order valence-electron chi connectivity index (χ1n) is 11.2. The summed E-state index contributed by atoms with van der Waals surface area (Å²) in [6, 6.07) is 24.1. The molecule has 0 aliphatic carbocycles. The van der Waals surface area contributed by atoms with E-state index in [-0.39, 0.29) is 18.0 Å². The van der Waals surface area contributed by atoms with Gasteiger partial charge in [-0.05, 0) is 47.4 Å². The van der Waals surface area contributed by atoms with Crippen molar-refractivity contribution < 1.29 is 17.9 Å². The van der Waals surface area contributed by atoms with E-state index in [1.807, 2.05) is 66.7 Å². The van der Waals surface area contributed by atoms with E-state index < -0.39 is 16.1 Å². The molecule has 1 unspecified atom stereocenters. The Kier molecular flexibility index (Phi) is 6.32. The highest BCUT2D eigenvalue weighted by Gasteiger charge is 2.35. The number of nitrogens with zero attached hydrogens (tertiary/aromatic N) is 2. The lowest BCUT2D eigenvalue weighted by atomic mass is 10.0. The molecular formula is C27H26N2O4S. The molecular weight excluding hydrogens is 448 g/mol. The van der Waals surface area contributed by atoms with E-state index in [0.29, 0.717) is 18.5 Å². The fraction of sp³-hybridized carbons (Fsp3) is 0.222. The van der Waals surface area contributed by atoms with Crippen LogP contribution < -0.4 is 4.74 Å². The molecule has 1 aliphatic heterocycles. The zero-order valence-corrected chi connectivity index (χ0v) is 19.7. The Morgan fingerprint density at radius 2 is 1.79 bits per heavy atom. The summed E-state index contributed by atoms with van der Waals surface area (Å²) < 4.78 is 41.4. The first-order chi connectivity index (χ1) is 16.6. The van der Waals surface area contributed by atoms with Gasteiger partial charge >= 0.3 is 0 Å². The second-order valence-electron chi connectivity index (χ2n) is 8.37. The number of para-hydroxylation sites is 1. The third-order valence-electron chi connectivity index (χ3n) is 6.21. The van der Waals surface area contributed by atoms with Crippen LogP contribution in [0.4, 0.5) is 0 Å². The molecule has 0 bridgehead atoms. The van der Waals surface area contributed by atoms with Gasteiger partial charge in [0.05, 0.1) is 31.9 Å². The summed E-state index contributed by atoms with van der Waals surface area (Å²) >= 11 is 0.